The summed E-state index contributed by atoms with van der Waals surface area (Å²) < 4.78 is 42.4. The van der Waals surface area contributed by atoms with E-state index >= 15 is 0 Å². The molecule has 2 aromatic rings. The van der Waals surface area contributed by atoms with Gasteiger partial charge in [0.1, 0.15) is 12.4 Å². The number of nitrogens with one attached hydrogen (secondary N) is 1. The average molecular weight is 468 g/mol. The predicted molar refractivity (Wildman–Crippen MR) is 111 cm³/mol. The Morgan fingerprint density at radius 3 is 2.53 bits per heavy atom. The molecule has 12 heteroatoms. The molecule has 32 heavy (non-hydrogen) atoms. The van der Waals surface area contributed by atoms with Crippen molar-refractivity contribution in [2.45, 2.75) is 36.9 Å². The first kappa shape index (κ1) is 23.4. The fraction of sp³-hybridized carbons (Fsp3) is 0.300. The number of carbonyl (C=O) groups is 3. The monoisotopic (exact) mass is 468 g/mol. The number of benzene rings is 1. The molecule has 0 bridgehead atoms. The van der Waals surface area contributed by atoms with Gasteiger partial charge in [0.05, 0.1) is 11.8 Å². The third kappa shape index (κ3) is 6.13. The van der Waals surface area contributed by atoms with Crippen LogP contribution in [0, 0.1) is 0 Å². The number of aromatic nitrogens is 1. The van der Waals surface area contributed by atoms with Crippen LogP contribution in [0.3, 0.4) is 0 Å². The first-order chi connectivity index (χ1) is 15.0. The third-order valence-corrected chi connectivity index (χ3v) is 4.88. The van der Waals surface area contributed by atoms with Crippen molar-refractivity contribution in [2.24, 2.45) is 0 Å². The Morgan fingerprint density at radius 1 is 1.22 bits per heavy atom. The van der Waals surface area contributed by atoms with Gasteiger partial charge in [-0.05, 0) is 67.6 Å². The number of alkyl halides is 3. The third-order valence-electron chi connectivity index (χ3n) is 4.14. The fourth-order valence-electron chi connectivity index (χ4n) is 2.93. The summed E-state index contributed by atoms with van der Waals surface area (Å²) in [5.41, 5.74) is -3.64. The molecule has 4 amide bonds. The number of hydrogen-bond acceptors (Lipinski definition) is 6. The van der Waals surface area contributed by atoms with Gasteiger partial charge in [-0.1, -0.05) is 0 Å². The predicted octanol–water partition coefficient (Wildman–Crippen LogP) is 4.62. The van der Waals surface area contributed by atoms with E-state index in [1.54, 1.807) is 26.0 Å². The molecule has 1 aromatic heterocycles. The molecule has 1 N–H and O–H groups in total. The molecule has 1 saturated heterocycles. The molecule has 2 heterocycles. The maximum absolute atomic E-state index is 12.8. The number of nitrogens with zero attached hydrogens (tertiary/aromatic N) is 3. The van der Waals surface area contributed by atoms with E-state index < -0.39 is 23.5 Å². The highest BCUT2D eigenvalue weighted by atomic mass is 32.2. The Labute approximate surface area is 185 Å². The van der Waals surface area contributed by atoms with Gasteiger partial charge in [-0.25, -0.2) is 19.5 Å². The lowest BCUT2D eigenvalue weighted by Crippen LogP contribution is -2.32. The van der Waals surface area contributed by atoms with E-state index in [2.05, 4.69) is 10.3 Å². The average Bonchev–Trinajstić information content (AvgIpc) is 2.94. The molecule has 0 unspecified atom stereocenters. The summed E-state index contributed by atoms with van der Waals surface area (Å²) in [5.74, 6) is -0.278. The summed E-state index contributed by atoms with van der Waals surface area (Å²) in [4.78, 5) is 43.1. The molecule has 0 radical (unpaired) electrons. The number of pyridine rings is 1. The molecule has 0 saturated carbocycles. The molecule has 1 aliphatic heterocycles. The van der Waals surface area contributed by atoms with Crippen molar-refractivity contribution in [2.75, 3.05) is 16.8 Å². The molecule has 170 valence electrons. The minimum absolute atomic E-state index is 0.0509. The van der Waals surface area contributed by atoms with Gasteiger partial charge in [0.25, 0.3) is 5.91 Å². The van der Waals surface area contributed by atoms with Crippen molar-refractivity contribution in [3.05, 3.63) is 48.2 Å². The first-order valence-corrected chi connectivity index (χ1v) is 10.2. The molecule has 1 aliphatic rings. The number of carbonyl (C=O) groups excluding carboxylic acids is 3. The van der Waals surface area contributed by atoms with Crippen LogP contribution < -0.4 is 10.2 Å². The Bertz CT molecular complexity index is 1010. The smallest absolute Gasteiger partial charge is 0.446 e. The number of hydrogen-bond donors (Lipinski definition) is 1. The van der Waals surface area contributed by atoms with Crippen molar-refractivity contribution in [1.82, 2.24) is 9.88 Å². The summed E-state index contributed by atoms with van der Waals surface area (Å²) in [5, 5.41) is 2.48. The number of imide groups is 1. The van der Waals surface area contributed by atoms with Crippen LogP contribution in [0.15, 0.2) is 47.5 Å². The normalized spacial score (nSPS) is 14.3. The zero-order chi connectivity index (χ0) is 23.5. The second-order valence-corrected chi connectivity index (χ2v) is 8.18. The zero-order valence-corrected chi connectivity index (χ0v) is 17.9. The van der Waals surface area contributed by atoms with Gasteiger partial charge < -0.3 is 9.64 Å². The van der Waals surface area contributed by atoms with Crippen LogP contribution >= 0.6 is 11.8 Å². The van der Waals surface area contributed by atoms with Gasteiger partial charge in [-0.3, -0.25) is 10.1 Å². The molecule has 1 fully saturated rings. The Hall–Kier alpha value is -3.28. The molecule has 0 atom stereocenters. The van der Waals surface area contributed by atoms with Crippen LogP contribution in [-0.4, -0.2) is 46.1 Å². The molecular weight excluding hydrogens is 449 g/mol. The standard InChI is InChI=1S/C20H19F3N4O4S/c1-12(2)31-18(29)25-16-9-13(7-8-24-16)10-26-11-17(28)27(19(26)30)14-3-5-15(6-4-14)32-20(21,22)23/h3-9,12H,10-11H2,1-2H3,(H,24,25,29). The molecule has 8 nitrogen and oxygen atoms in total. The highest BCUT2D eigenvalue weighted by Gasteiger charge is 2.37. The maximum Gasteiger partial charge on any atom is 0.446 e. The van der Waals surface area contributed by atoms with Crippen LogP contribution in [0.4, 0.5) is 34.3 Å². The first-order valence-electron chi connectivity index (χ1n) is 9.42. The van der Waals surface area contributed by atoms with Gasteiger partial charge in [0.2, 0.25) is 0 Å². The van der Waals surface area contributed by atoms with Crippen LogP contribution in [-0.2, 0) is 16.1 Å². The van der Waals surface area contributed by atoms with Crippen molar-refractivity contribution < 1.29 is 32.3 Å². The number of ether oxygens (including phenoxy) is 1. The Kier molecular flexibility index (Phi) is 6.92. The van der Waals surface area contributed by atoms with Crippen molar-refractivity contribution in [3.8, 4) is 0 Å². The van der Waals surface area contributed by atoms with E-state index in [1.807, 2.05) is 0 Å². The molecule has 0 aliphatic carbocycles. The quantitative estimate of drug-likeness (QED) is 0.491. The van der Waals surface area contributed by atoms with Gasteiger partial charge in [0.15, 0.2) is 0 Å². The maximum atomic E-state index is 12.8. The van der Waals surface area contributed by atoms with Crippen molar-refractivity contribution in [3.63, 3.8) is 0 Å². The van der Waals surface area contributed by atoms with Gasteiger partial charge >= 0.3 is 17.6 Å². The zero-order valence-electron chi connectivity index (χ0n) is 17.0. The number of rotatable bonds is 6. The summed E-state index contributed by atoms with van der Waals surface area (Å²) in [6, 6.07) is 7.57. The van der Waals surface area contributed by atoms with E-state index in [0.717, 1.165) is 4.90 Å². The Morgan fingerprint density at radius 2 is 1.91 bits per heavy atom. The highest BCUT2D eigenvalue weighted by molar-refractivity contribution is 8.00. The number of halogens is 3. The lowest BCUT2D eigenvalue weighted by molar-refractivity contribution is -0.116. The van der Waals surface area contributed by atoms with Gasteiger partial charge in [-0.15, -0.1) is 0 Å². The van der Waals surface area contributed by atoms with E-state index in [1.165, 1.54) is 35.4 Å². The Balaban J connectivity index is 1.67. The summed E-state index contributed by atoms with van der Waals surface area (Å²) >= 11 is -0.279. The summed E-state index contributed by atoms with van der Waals surface area (Å²) in [6.45, 7) is 3.28. The molecule has 3 rings (SSSR count). The topological polar surface area (TPSA) is 91.8 Å². The van der Waals surface area contributed by atoms with Crippen LogP contribution in [0.2, 0.25) is 0 Å². The van der Waals surface area contributed by atoms with Crippen LogP contribution in [0.5, 0.6) is 0 Å². The second kappa shape index (κ2) is 9.47. The minimum atomic E-state index is -4.43. The number of anilines is 2. The minimum Gasteiger partial charge on any atom is -0.447 e. The molecular formula is C20H19F3N4O4S. The molecule has 0 spiro atoms. The van der Waals surface area contributed by atoms with E-state index in [9.17, 15) is 27.6 Å². The largest absolute Gasteiger partial charge is 0.447 e. The number of urea groups is 1. The lowest BCUT2D eigenvalue weighted by atomic mass is 10.2. The summed E-state index contributed by atoms with van der Waals surface area (Å²) in [6.07, 6.45) is 0.464. The SMILES string of the molecule is CC(C)OC(=O)Nc1cc(CN2CC(=O)N(c3ccc(SC(F)(F)F)cc3)C2=O)ccn1. The highest BCUT2D eigenvalue weighted by Crippen LogP contribution is 2.37. The summed E-state index contributed by atoms with van der Waals surface area (Å²) in [7, 11) is 0. The van der Waals surface area contributed by atoms with Crippen molar-refractivity contribution in [1.29, 1.82) is 0 Å². The van der Waals surface area contributed by atoms with Crippen LogP contribution in [0.1, 0.15) is 19.4 Å². The molecule has 1 aromatic carbocycles. The van der Waals surface area contributed by atoms with Crippen molar-refractivity contribution >= 4 is 41.3 Å². The fourth-order valence-corrected chi connectivity index (χ4v) is 3.47. The number of amides is 4. The van der Waals surface area contributed by atoms with E-state index in [-0.39, 0.29) is 47.4 Å². The lowest BCUT2D eigenvalue weighted by Gasteiger charge is -2.18. The van der Waals surface area contributed by atoms with Gasteiger partial charge in [0, 0.05) is 17.6 Å². The second-order valence-electron chi connectivity index (χ2n) is 7.04. The van der Waals surface area contributed by atoms with Gasteiger partial charge in [-0.2, -0.15) is 13.2 Å². The number of thioether (sulfide) groups is 1. The van der Waals surface area contributed by atoms with E-state index in [0.29, 0.717) is 5.56 Å². The van der Waals surface area contributed by atoms with E-state index in [4.69, 9.17) is 4.74 Å². The van der Waals surface area contributed by atoms with Crippen LogP contribution in [0.25, 0.3) is 0 Å².